The van der Waals surface area contributed by atoms with Gasteiger partial charge in [-0.1, -0.05) is 97.1 Å². The minimum atomic E-state index is -0.774. The lowest BCUT2D eigenvalue weighted by Gasteiger charge is -2.22. The van der Waals surface area contributed by atoms with Crippen molar-refractivity contribution in [1.82, 2.24) is 0 Å². The topological polar surface area (TPSA) is 100 Å². The molecule has 0 fully saturated rings. The van der Waals surface area contributed by atoms with Crippen LogP contribution in [0.5, 0.6) is 17.2 Å². The summed E-state index contributed by atoms with van der Waals surface area (Å²) in [5.41, 5.74) is 2.38. The molecule has 0 radical (unpaired) electrons. The second-order valence-electron chi connectivity index (χ2n) is 12.4. The number of amides is 1. The van der Waals surface area contributed by atoms with E-state index >= 15 is 0 Å². The largest absolute Gasteiger partial charge is 0.488 e. The zero-order valence-corrected chi connectivity index (χ0v) is 28.0. The maximum absolute atomic E-state index is 14.9. The average molecular weight is 658 g/mol. The van der Waals surface area contributed by atoms with Crippen LogP contribution in [0, 0.1) is 0 Å². The quantitative estimate of drug-likeness (QED) is 0.100. The number of esters is 1. The van der Waals surface area contributed by atoms with Crippen molar-refractivity contribution in [1.29, 1.82) is 0 Å². The summed E-state index contributed by atoms with van der Waals surface area (Å²) in [7, 11) is 0. The molecule has 1 amide bonds. The van der Waals surface area contributed by atoms with E-state index in [1.165, 1.54) is 19.1 Å². The van der Waals surface area contributed by atoms with Crippen molar-refractivity contribution in [2.75, 3.05) is 5.32 Å². The molecule has 0 aromatic heterocycles. The molecular weight excluding hydrogens is 618 g/mol. The molecule has 0 heterocycles. The molecule has 0 atom stereocenters. The van der Waals surface area contributed by atoms with Crippen molar-refractivity contribution in [3.63, 3.8) is 0 Å². The molecule has 250 valence electrons. The molecule has 5 aromatic rings. The third kappa shape index (κ3) is 9.58. The van der Waals surface area contributed by atoms with E-state index in [2.05, 4.69) is 5.32 Å². The van der Waals surface area contributed by atoms with Crippen LogP contribution in [0.1, 0.15) is 70.7 Å². The van der Waals surface area contributed by atoms with Gasteiger partial charge in [-0.15, -0.1) is 0 Å². The summed E-state index contributed by atoms with van der Waals surface area (Å²) in [6.07, 6.45) is 0. The van der Waals surface area contributed by atoms with Gasteiger partial charge in [0.1, 0.15) is 48.2 Å². The van der Waals surface area contributed by atoms with Gasteiger partial charge in [-0.3, -0.25) is 9.59 Å². The predicted octanol–water partition coefficient (Wildman–Crippen LogP) is 8.57. The van der Waals surface area contributed by atoms with Crippen LogP contribution in [0.3, 0.4) is 0 Å². The second kappa shape index (κ2) is 15.8. The molecule has 5 aromatic carbocycles. The Bertz CT molecular complexity index is 1840. The number of hydrogen-bond donors (Lipinski definition) is 1. The Morgan fingerprint density at radius 3 is 1.45 bits per heavy atom. The molecule has 5 rings (SSSR count). The van der Waals surface area contributed by atoms with Crippen molar-refractivity contribution in [3.8, 4) is 17.2 Å². The zero-order valence-electron chi connectivity index (χ0n) is 28.0. The number of rotatable bonds is 13. The van der Waals surface area contributed by atoms with E-state index in [1.54, 1.807) is 39.0 Å². The van der Waals surface area contributed by atoms with Gasteiger partial charge in [0.2, 0.25) is 11.7 Å². The maximum Gasteiger partial charge on any atom is 0.338 e. The van der Waals surface area contributed by atoms with Crippen LogP contribution >= 0.6 is 0 Å². The van der Waals surface area contributed by atoms with E-state index in [9.17, 15) is 14.4 Å². The van der Waals surface area contributed by atoms with E-state index in [1.807, 2.05) is 91.0 Å². The van der Waals surface area contributed by atoms with Crippen molar-refractivity contribution in [2.45, 2.75) is 53.1 Å². The fraction of sp³-hybridized carbons (Fsp3) is 0.195. The Balaban J connectivity index is 1.66. The smallest absolute Gasteiger partial charge is 0.338 e. The number of benzene rings is 5. The van der Waals surface area contributed by atoms with Crippen molar-refractivity contribution in [3.05, 3.63) is 155 Å². The summed E-state index contributed by atoms with van der Waals surface area (Å²) < 4.78 is 24.6. The molecule has 0 spiro atoms. The first-order chi connectivity index (χ1) is 23.6. The molecule has 0 bridgehead atoms. The minimum absolute atomic E-state index is 0.0570. The van der Waals surface area contributed by atoms with Gasteiger partial charge in [0.05, 0.1) is 16.8 Å². The first kappa shape index (κ1) is 34.4. The second-order valence-corrected chi connectivity index (χ2v) is 12.4. The number of carbonyl (C=O) groups excluding carboxylic acids is 3. The fourth-order valence-corrected chi connectivity index (χ4v) is 5.01. The zero-order chi connectivity index (χ0) is 34.8. The number of carbonyl (C=O) groups is 3. The minimum Gasteiger partial charge on any atom is -0.488 e. The molecule has 1 N–H and O–H groups in total. The molecule has 49 heavy (non-hydrogen) atoms. The lowest BCUT2D eigenvalue weighted by atomic mass is 9.97. The third-order valence-electron chi connectivity index (χ3n) is 7.20. The number of ketones is 1. The van der Waals surface area contributed by atoms with Gasteiger partial charge in [-0.25, -0.2) is 4.79 Å². The van der Waals surface area contributed by atoms with Crippen LogP contribution in [-0.2, 0) is 29.4 Å². The lowest BCUT2D eigenvalue weighted by Crippen LogP contribution is -2.24. The molecule has 0 aliphatic carbocycles. The van der Waals surface area contributed by atoms with Crippen LogP contribution in [0.25, 0.3) is 0 Å². The highest BCUT2D eigenvalue weighted by molar-refractivity contribution is 6.18. The van der Waals surface area contributed by atoms with Crippen LogP contribution in [0.15, 0.2) is 121 Å². The van der Waals surface area contributed by atoms with Crippen molar-refractivity contribution in [2.24, 2.45) is 0 Å². The summed E-state index contributed by atoms with van der Waals surface area (Å²) in [6.45, 7) is 7.07. The number of nitrogens with one attached hydrogen (secondary N) is 1. The highest BCUT2D eigenvalue weighted by Gasteiger charge is 2.30. The fourth-order valence-electron chi connectivity index (χ4n) is 5.01. The van der Waals surface area contributed by atoms with E-state index in [4.69, 9.17) is 18.9 Å². The number of ether oxygens (including phenoxy) is 4. The van der Waals surface area contributed by atoms with Crippen LogP contribution in [0.4, 0.5) is 5.69 Å². The molecule has 8 nitrogen and oxygen atoms in total. The molecule has 0 saturated carbocycles. The number of hydrogen-bond acceptors (Lipinski definition) is 7. The summed E-state index contributed by atoms with van der Waals surface area (Å²) in [5.74, 6) is -1.05. The van der Waals surface area contributed by atoms with Gasteiger partial charge in [-0.2, -0.15) is 0 Å². The summed E-state index contributed by atoms with van der Waals surface area (Å²) in [4.78, 5) is 40.7. The Labute approximate surface area is 286 Å². The van der Waals surface area contributed by atoms with Crippen LogP contribution < -0.4 is 19.5 Å². The van der Waals surface area contributed by atoms with Gasteiger partial charge in [0.25, 0.3) is 0 Å². The normalized spacial score (nSPS) is 10.9. The Morgan fingerprint density at radius 1 is 0.571 bits per heavy atom. The van der Waals surface area contributed by atoms with Crippen molar-refractivity contribution >= 4 is 23.3 Å². The van der Waals surface area contributed by atoms with Gasteiger partial charge < -0.3 is 24.3 Å². The highest BCUT2D eigenvalue weighted by atomic mass is 16.6. The van der Waals surface area contributed by atoms with E-state index < -0.39 is 17.4 Å². The first-order valence-electron chi connectivity index (χ1n) is 15.9. The molecule has 0 aliphatic heterocycles. The Hall–Kier alpha value is -5.89. The van der Waals surface area contributed by atoms with Crippen LogP contribution in [0.2, 0.25) is 0 Å². The first-order valence-corrected chi connectivity index (χ1v) is 15.9. The van der Waals surface area contributed by atoms with E-state index in [0.29, 0.717) is 0 Å². The molecule has 0 saturated heterocycles. The SMILES string of the molecule is CC(=O)Nc1cccc(OCc2ccccc2)c1C(=O)c1c(OCc2ccccc2)cc(C(=O)OC(C)(C)C)cc1OCc1ccccc1. The van der Waals surface area contributed by atoms with Crippen LogP contribution in [-0.4, -0.2) is 23.3 Å². The standard InChI is InChI=1S/C41H39NO7/c1-28(43)42-33-21-14-22-34(46-25-29-15-8-5-9-16-29)37(33)39(44)38-35(47-26-30-17-10-6-11-18-30)23-32(40(45)49-41(2,3)4)24-36(38)48-27-31-19-12-7-13-20-31/h5-24H,25-27H2,1-4H3,(H,42,43). The number of anilines is 1. The van der Waals surface area contributed by atoms with E-state index in [0.717, 1.165) is 16.7 Å². The van der Waals surface area contributed by atoms with Gasteiger partial charge in [0.15, 0.2) is 0 Å². The van der Waals surface area contributed by atoms with Crippen molar-refractivity contribution < 1.29 is 33.3 Å². The molecule has 0 aliphatic rings. The van der Waals surface area contributed by atoms with Gasteiger partial charge in [-0.05, 0) is 61.7 Å². The molecule has 0 unspecified atom stereocenters. The highest BCUT2D eigenvalue weighted by Crippen LogP contribution is 2.39. The summed E-state index contributed by atoms with van der Waals surface area (Å²) >= 11 is 0. The average Bonchev–Trinajstić information content (AvgIpc) is 3.09. The van der Waals surface area contributed by atoms with Gasteiger partial charge >= 0.3 is 5.97 Å². The molecular formula is C41H39NO7. The summed E-state index contributed by atoms with van der Waals surface area (Å²) in [5, 5.41) is 2.78. The Kier molecular flexibility index (Phi) is 11.1. The van der Waals surface area contributed by atoms with Gasteiger partial charge in [0, 0.05) is 6.92 Å². The van der Waals surface area contributed by atoms with E-state index in [-0.39, 0.29) is 65.4 Å². The maximum atomic E-state index is 14.9. The third-order valence-corrected chi connectivity index (χ3v) is 7.20. The lowest BCUT2D eigenvalue weighted by molar-refractivity contribution is -0.114. The molecule has 8 heteroatoms. The monoisotopic (exact) mass is 657 g/mol. The summed E-state index contributed by atoms with van der Waals surface area (Å²) in [6, 6.07) is 36.4. The predicted molar refractivity (Wildman–Crippen MR) is 188 cm³/mol. The Morgan fingerprint density at radius 2 is 1.02 bits per heavy atom.